The molecule has 2 rings (SSSR count). The lowest BCUT2D eigenvalue weighted by Gasteiger charge is -2.14. The van der Waals surface area contributed by atoms with E-state index in [0.29, 0.717) is 11.4 Å². The van der Waals surface area contributed by atoms with E-state index in [1.807, 2.05) is 32.2 Å². The number of anilines is 2. The molecule has 0 aliphatic heterocycles. The summed E-state index contributed by atoms with van der Waals surface area (Å²) < 4.78 is 5.43. The molecule has 0 saturated heterocycles. The lowest BCUT2D eigenvalue weighted by atomic mass is 10.2. The van der Waals surface area contributed by atoms with Crippen LogP contribution < -0.4 is 10.2 Å². The first-order valence-corrected chi connectivity index (χ1v) is 5.74. The van der Waals surface area contributed by atoms with Gasteiger partial charge in [-0.15, -0.1) is 0 Å². The molecule has 1 aromatic heterocycles. The van der Waals surface area contributed by atoms with E-state index in [1.54, 1.807) is 25.2 Å². The maximum atomic E-state index is 12.2. The molecule has 1 amide bonds. The third kappa shape index (κ3) is 2.37. The van der Waals surface area contributed by atoms with Gasteiger partial charge in [-0.3, -0.25) is 9.69 Å². The smallest absolute Gasteiger partial charge is 0.260 e. The van der Waals surface area contributed by atoms with Gasteiger partial charge in [-0.05, 0) is 37.3 Å². The van der Waals surface area contributed by atoms with Gasteiger partial charge >= 0.3 is 0 Å². The largest absolute Gasteiger partial charge is 0.445 e. The summed E-state index contributed by atoms with van der Waals surface area (Å²) >= 11 is 0. The van der Waals surface area contributed by atoms with Crippen LogP contribution in [0.2, 0.25) is 0 Å². The molecule has 94 valence electrons. The highest BCUT2D eigenvalue weighted by molar-refractivity contribution is 6.05. The van der Waals surface area contributed by atoms with Crippen LogP contribution in [0.15, 0.2) is 40.8 Å². The minimum Gasteiger partial charge on any atom is -0.445 e. The van der Waals surface area contributed by atoms with E-state index >= 15 is 0 Å². The lowest BCUT2D eigenvalue weighted by Crippen LogP contribution is -2.25. The summed E-state index contributed by atoms with van der Waals surface area (Å²) in [6.07, 6.45) is 0. The summed E-state index contributed by atoms with van der Waals surface area (Å²) in [5.74, 6) is 1.25. The van der Waals surface area contributed by atoms with Gasteiger partial charge in [0, 0.05) is 31.4 Å². The summed E-state index contributed by atoms with van der Waals surface area (Å²) in [4.78, 5) is 13.7. The predicted molar refractivity (Wildman–Crippen MR) is 72.2 cm³/mol. The van der Waals surface area contributed by atoms with Gasteiger partial charge in [0.2, 0.25) is 5.88 Å². The zero-order chi connectivity index (χ0) is 13.1. The zero-order valence-corrected chi connectivity index (χ0v) is 10.7. The Morgan fingerprint density at radius 2 is 1.83 bits per heavy atom. The number of nitrogens with one attached hydrogen (secondary N) is 1. The molecule has 0 radical (unpaired) electrons. The van der Waals surface area contributed by atoms with Gasteiger partial charge in [-0.2, -0.15) is 0 Å². The van der Waals surface area contributed by atoms with Gasteiger partial charge in [-0.1, -0.05) is 0 Å². The van der Waals surface area contributed by atoms with Crippen molar-refractivity contribution in [2.45, 2.75) is 6.92 Å². The molecule has 0 bridgehead atoms. The van der Waals surface area contributed by atoms with Crippen molar-refractivity contribution in [1.82, 2.24) is 0 Å². The molecule has 0 saturated carbocycles. The first-order chi connectivity index (χ1) is 8.61. The number of hydrogen-bond donors (Lipinski definition) is 1. The monoisotopic (exact) mass is 244 g/mol. The maximum Gasteiger partial charge on any atom is 0.260 e. The minimum atomic E-state index is -0.0907. The molecule has 2 aromatic rings. The molecular weight excluding hydrogens is 228 g/mol. The summed E-state index contributed by atoms with van der Waals surface area (Å²) in [5, 5.41) is 3.01. The second-order valence-corrected chi connectivity index (χ2v) is 4.08. The highest BCUT2D eigenvalue weighted by Crippen LogP contribution is 2.19. The molecule has 0 aliphatic carbocycles. The third-order valence-corrected chi connectivity index (χ3v) is 2.78. The molecule has 1 aromatic carbocycles. The molecule has 4 heteroatoms. The standard InChI is InChI=1S/C14H16N2O2/c1-10-4-9-13(18-10)16(3)14(17)11-5-7-12(15-2)8-6-11/h4-9,15H,1-3H3. The average Bonchev–Trinajstić information content (AvgIpc) is 2.84. The highest BCUT2D eigenvalue weighted by Gasteiger charge is 2.15. The van der Waals surface area contributed by atoms with Crippen LogP contribution >= 0.6 is 0 Å². The van der Waals surface area contributed by atoms with Crippen molar-refractivity contribution >= 4 is 17.5 Å². The van der Waals surface area contributed by atoms with Crippen molar-refractivity contribution in [2.75, 3.05) is 24.3 Å². The van der Waals surface area contributed by atoms with Crippen molar-refractivity contribution in [2.24, 2.45) is 0 Å². The molecule has 0 aliphatic rings. The van der Waals surface area contributed by atoms with E-state index in [-0.39, 0.29) is 5.91 Å². The van der Waals surface area contributed by atoms with Crippen LogP contribution in [0, 0.1) is 6.92 Å². The Bertz CT molecular complexity index is 543. The first kappa shape index (κ1) is 12.2. The lowest BCUT2D eigenvalue weighted by molar-refractivity contribution is 0.0989. The quantitative estimate of drug-likeness (QED) is 0.903. The van der Waals surface area contributed by atoms with Crippen LogP contribution in [0.4, 0.5) is 11.6 Å². The van der Waals surface area contributed by atoms with Gasteiger partial charge in [0.25, 0.3) is 5.91 Å². The van der Waals surface area contributed by atoms with E-state index in [0.717, 1.165) is 11.4 Å². The van der Waals surface area contributed by atoms with Gasteiger partial charge in [0.05, 0.1) is 0 Å². The predicted octanol–water partition coefficient (Wildman–Crippen LogP) is 2.91. The number of amides is 1. The van der Waals surface area contributed by atoms with Crippen LogP contribution in [0.3, 0.4) is 0 Å². The Balaban J connectivity index is 2.19. The Morgan fingerprint density at radius 3 is 2.33 bits per heavy atom. The molecule has 0 unspecified atom stereocenters. The molecule has 0 spiro atoms. The van der Waals surface area contributed by atoms with Crippen molar-refractivity contribution in [1.29, 1.82) is 0 Å². The second-order valence-electron chi connectivity index (χ2n) is 4.08. The van der Waals surface area contributed by atoms with Crippen LogP contribution in [0.25, 0.3) is 0 Å². The molecule has 1 heterocycles. The van der Waals surface area contributed by atoms with E-state index in [2.05, 4.69) is 5.32 Å². The first-order valence-electron chi connectivity index (χ1n) is 5.74. The van der Waals surface area contributed by atoms with E-state index in [4.69, 9.17) is 4.42 Å². The molecule has 0 fully saturated rings. The second kappa shape index (κ2) is 4.96. The average molecular weight is 244 g/mol. The van der Waals surface area contributed by atoms with Gasteiger partial charge in [-0.25, -0.2) is 0 Å². The van der Waals surface area contributed by atoms with Crippen LogP contribution in [0.5, 0.6) is 0 Å². The molecular formula is C14H16N2O2. The van der Waals surface area contributed by atoms with E-state index in [1.165, 1.54) is 4.90 Å². The summed E-state index contributed by atoms with van der Waals surface area (Å²) in [6.45, 7) is 1.85. The fourth-order valence-electron chi connectivity index (χ4n) is 1.68. The van der Waals surface area contributed by atoms with Gasteiger partial charge in [0.1, 0.15) is 5.76 Å². The van der Waals surface area contributed by atoms with Gasteiger partial charge in [0.15, 0.2) is 0 Å². The number of carbonyl (C=O) groups is 1. The number of benzene rings is 1. The number of furan rings is 1. The maximum absolute atomic E-state index is 12.2. The van der Waals surface area contributed by atoms with Crippen molar-refractivity contribution in [3.05, 3.63) is 47.7 Å². The summed E-state index contributed by atoms with van der Waals surface area (Å²) in [5.41, 5.74) is 1.61. The normalized spacial score (nSPS) is 10.2. The van der Waals surface area contributed by atoms with E-state index < -0.39 is 0 Å². The zero-order valence-electron chi connectivity index (χ0n) is 10.7. The SMILES string of the molecule is CNc1ccc(C(=O)N(C)c2ccc(C)o2)cc1. The molecule has 0 atom stereocenters. The summed E-state index contributed by atoms with van der Waals surface area (Å²) in [7, 11) is 3.54. The van der Waals surface area contributed by atoms with Crippen molar-refractivity contribution in [3.63, 3.8) is 0 Å². The number of carbonyl (C=O) groups excluding carboxylic acids is 1. The Morgan fingerprint density at radius 1 is 1.17 bits per heavy atom. The van der Waals surface area contributed by atoms with Crippen LogP contribution in [-0.4, -0.2) is 20.0 Å². The fraction of sp³-hybridized carbons (Fsp3) is 0.214. The number of hydrogen-bond acceptors (Lipinski definition) is 3. The Hall–Kier alpha value is -2.23. The topological polar surface area (TPSA) is 45.5 Å². The third-order valence-electron chi connectivity index (χ3n) is 2.78. The Labute approximate surface area is 106 Å². The number of rotatable bonds is 3. The number of aryl methyl sites for hydroxylation is 1. The van der Waals surface area contributed by atoms with Crippen molar-refractivity contribution in [3.8, 4) is 0 Å². The Kier molecular flexibility index (Phi) is 3.37. The van der Waals surface area contributed by atoms with E-state index in [9.17, 15) is 4.79 Å². The highest BCUT2D eigenvalue weighted by atomic mass is 16.4. The van der Waals surface area contributed by atoms with Crippen LogP contribution in [0.1, 0.15) is 16.1 Å². The fourth-order valence-corrected chi connectivity index (χ4v) is 1.68. The van der Waals surface area contributed by atoms with Gasteiger partial charge < -0.3 is 9.73 Å². The summed E-state index contributed by atoms with van der Waals surface area (Å²) in [6, 6.07) is 10.9. The van der Waals surface area contributed by atoms with Crippen molar-refractivity contribution < 1.29 is 9.21 Å². The minimum absolute atomic E-state index is 0.0907. The molecule has 4 nitrogen and oxygen atoms in total. The number of nitrogens with zero attached hydrogens (tertiary/aromatic N) is 1. The molecule has 1 N–H and O–H groups in total. The molecule has 18 heavy (non-hydrogen) atoms. The van der Waals surface area contributed by atoms with Crippen LogP contribution in [-0.2, 0) is 0 Å².